The second kappa shape index (κ2) is 14.4. The van der Waals surface area contributed by atoms with E-state index in [1.54, 1.807) is 38.6 Å². The molecule has 49 heavy (non-hydrogen) atoms. The summed E-state index contributed by atoms with van der Waals surface area (Å²) in [5.74, 6) is -0.900. The van der Waals surface area contributed by atoms with Crippen LogP contribution in [0.1, 0.15) is 63.2 Å². The van der Waals surface area contributed by atoms with Gasteiger partial charge in [0.05, 0.1) is 31.1 Å². The van der Waals surface area contributed by atoms with E-state index in [9.17, 15) is 19.2 Å². The molecule has 2 aliphatic heterocycles. The second-order valence-electron chi connectivity index (χ2n) is 11.8. The zero-order chi connectivity index (χ0) is 35.4. The predicted molar refractivity (Wildman–Crippen MR) is 187 cm³/mol. The highest BCUT2D eigenvalue weighted by Crippen LogP contribution is 2.41. The number of ether oxygens (including phenoxy) is 2. The maximum Gasteiger partial charge on any atom is 0.303 e. The smallest absolute Gasteiger partial charge is 0.303 e. The van der Waals surface area contributed by atoms with Crippen molar-refractivity contribution in [3.8, 4) is 11.5 Å². The van der Waals surface area contributed by atoms with Crippen molar-refractivity contribution in [3.63, 3.8) is 0 Å². The number of rotatable bonds is 10. The molecule has 6 rings (SSSR count). The Morgan fingerprint density at radius 2 is 1.16 bits per heavy atom. The van der Waals surface area contributed by atoms with Crippen molar-refractivity contribution in [2.24, 2.45) is 0 Å². The van der Waals surface area contributed by atoms with Gasteiger partial charge in [0.15, 0.2) is 11.5 Å². The zero-order valence-electron chi connectivity index (χ0n) is 27.9. The monoisotopic (exact) mass is 666 g/mol. The average molecular weight is 667 g/mol. The van der Waals surface area contributed by atoms with E-state index >= 15 is 0 Å². The number of fused-ring (bicyclic) bond motifs is 2. The lowest BCUT2D eigenvalue weighted by atomic mass is 10.0. The maximum atomic E-state index is 12.4. The first-order valence-corrected chi connectivity index (χ1v) is 15.6. The summed E-state index contributed by atoms with van der Waals surface area (Å²) in [6, 6.07) is 9.35. The van der Waals surface area contributed by atoms with Crippen LogP contribution >= 0.6 is 0 Å². The van der Waals surface area contributed by atoms with Crippen LogP contribution in [0.5, 0.6) is 11.5 Å². The molecule has 0 aliphatic carbocycles. The summed E-state index contributed by atoms with van der Waals surface area (Å²) in [4.78, 5) is 52.4. The van der Waals surface area contributed by atoms with Gasteiger partial charge in [-0.15, -0.1) is 0 Å². The minimum atomic E-state index is -0.837. The summed E-state index contributed by atoms with van der Waals surface area (Å²) >= 11 is 0. The molecule has 12 heteroatoms. The Kier molecular flexibility index (Phi) is 10.1. The minimum absolute atomic E-state index is 0.0645. The quantitative estimate of drug-likeness (QED) is 0.112. The molecule has 0 unspecified atom stereocenters. The number of H-pyrrole nitrogens is 2. The Balaban J connectivity index is 0.000000192. The molecule has 0 fully saturated rings. The van der Waals surface area contributed by atoms with Crippen LogP contribution in [0.2, 0.25) is 0 Å². The van der Waals surface area contributed by atoms with Crippen LogP contribution in [0, 0.1) is 20.8 Å². The number of carboxylic acids is 2. The molecule has 0 spiro atoms. The number of carbonyl (C=O) groups is 4. The van der Waals surface area contributed by atoms with Crippen molar-refractivity contribution in [2.45, 2.75) is 46.5 Å². The van der Waals surface area contributed by atoms with Crippen molar-refractivity contribution in [2.75, 3.05) is 24.9 Å². The van der Waals surface area contributed by atoms with E-state index in [0.29, 0.717) is 41.2 Å². The second-order valence-corrected chi connectivity index (χ2v) is 11.8. The molecule has 0 saturated heterocycles. The molecule has 0 radical (unpaired) electrons. The third-order valence-electron chi connectivity index (χ3n) is 8.63. The van der Waals surface area contributed by atoms with Gasteiger partial charge in [-0.05, 0) is 86.2 Å². The van der Waals surface area contributed by atoms with Gasteiger partial charge < -0.3 is 40.3 Å². The summed E-state index contributed by atoms with van der Waals surface area (Å²) in [7, 11) is 3.08. The summed E-state index contributed by atoms with van der Waals surface area (Å²) in [5.41, 5.74) is 10.7. The number of methoxy groups -OCH3 is 2. The van der Waals surface area contributed by atoms with Gasteiger partial charge in [-0.25, -0.2) is 0 Å². The molecular formula is C37H38N4O8. The molecule has 12 nitrogen and oxygen atoms in total. The number of carbonyl (C=O) groups excluding carboxylic acids is 2. The van der Waals surface area contributed by atoms with Crippen LogP contribution < -0.4 is 20.1 Å². The Morgan fingerprint density at radius 1 is 0.694 bits per heavy atom. The molecule has 2 aromatic heterocycles. The number of benzene rings is 2. The van der Waals surface area contributed by atoms with Gasteiger partial charge in [-0.1, -0.05) is 11.6 Å². The number of aromatic amines is 2. The van der Waals surface area contributed by atoms with E-state index in [-0.39, 0.29) is 24.7 Å². The number of amides is 2. The Morgan fingerprint density at radius 3 is 1.65 bits per heavy atom. The fourth-order valence-corrected chi connectivity index (χ4v) is 5.81. The van der Waals surface area contributed by atoms with Gasteiger partial charge >= 0.3 is 11.9 Å². The third-order valence-corrected chi connectivity index (χ3v) is 8.63. The van der Waals surface area contributed by atoms with E-state index in [1.807, 2.05) is 51.2 Å². The molecule has 0 saturated carbocycles. The van der Waals surface area contributed by atoms with Crippen molar-refractivity contribution in [3.05, 3.63) is 93.1 Å². The van der Waals surface area contributed by atoms with Gasteiger partial charge in [0.2, 0.25) is 0 Å². The normalized spacial score (nSPS) is 14.6. The first-order valence-electron chi connectivity index (χ1n) is 15.6. The first-order chi connectivity index (χ1) is 23.4. The van der Waals surface area contributed by atoms with Crippen molar-refractivity contribution < 1.29 is 38.9 Å². The SMILES string of the molecule is COc1cc2c(cc1OC)C(=Cc1[nH]cc(CCC(=O)O)c1C)C(=O)N2.Cc1ccc2c(c1)C(=Cc1[nH]cc(CCC(=O)O)c1C)C(=O)N2. The van der Waals surface area contributed by atoms with E-state index in [1.165, 1.54) is 0 Å². The summed E-state index contributed by atoms with van der Waals surface area (Å²) < 4.78 is 10.6. The van der Waals surface area contributed by atoms with E-state index < -0.39 is 11.9 Å². The van der Waals surface area contributed by atoms with Gasteiger partial charge in [0, 0.05) is 59.5 Å². The van der Waals surface area contributed by atoms with Gasteiger partial charge in [-0.3, -0.25) is 19.2 Å². The summed E-state index contributed by atoms with van der Waals surface area (Å²) in [5, 5.41) is 23.3. The average Bonchev–Trinajstić information content (AvgIpc) is 3.78. The Labute approximate surface area is 282 Å². The number of aryl methyl sites for hydroxylation is 3. The van der Waals surface area contributed by atoms with Crippen molar-refractivity contribution in [1.82, 2.24) is 9.97 Å². The first kappa shape index (κ1) is 34.3. The molecule has 2 aromatic carbocycles. The van der Waals surface area contributed by atoms with Crippen molar-refractivity contribution >= 4 is 58.4 Å². The summed E-state index contributed by atoms with van der Waals surface area (Å²) in [6.45, 7) is 5.83. The fraction of sp³-hybridized carbons (Fsp3) is 0.243. The Bertz CT molecular complexity index is 2030. The number of hydrogen-bond donors (Lipinski definition) is 6. The van der Waals surface area contributed by atoms with Crippen LogP contribution in [-0.4, -0.2) is 58.2 Å². The van der Waals surface area contributed by atoms with E-state index in [2.05, 4.69) is 20.6 Å². The molecule has 6 N–H and O–H groups in total. The lowest BCUT2D eigenvalue weighted by Crippen LogP contribution is -2.03. The van der Waals surface area contributed by atoms with Crippen LogP contribution in [0.3, 0.4) is 0 Å². The van der Waals surface area contributed by atoms with E-state index in [0.717, 1.165) is 56.0 Å². The third kappa shape index (κ3) is 7.43. The van der Waals surface area contributed by atoms with Gasteiger partial charge in [-0.2, -0.15) is 0 Å². The number of hydrogen-bond acceptors (Lipinski definition) is 6. The molecule has 0 atom stereocenters. The van der Waals surface area contributed by atoms with Gasteiger partial charge in [0.25, 0.3) is 11.8 Å². The Hall–Kier alpha value is -6.04. The largest absolute Gasteiger partial charge is 0.493 e. The van der Waals surface area contributed by atoms with Gasteiger partial charge in [0.1, 0.15) is 0 Å². The maximum absolute atomic E-state index is 12.4. The molecule has 4 aromatic rings. The zero-order valence-corrected chi connectivity index (χ0v) is 27.9. The predicted octanol–water partition coefficient (Wildman–Crippen LogP) is 5.99. The molecule has 0 bridgehead atoms. The fourth-order valence-electron chi connectivity index (χ4n) is 5.81. The highest BCUT2D eigenvalue weighted by molar-refractivity contribution is 6.35. The number of aliphatic carboxylic acids is 2. The standard InChI is InChI=1S/C19H20N2O5.C18H18N2O3/c1-10-11(4-5-18(22)23)9-20-14(10)6-13-12-7-16(25-2)17(26-3)8-15(12)21-19(13)24;1-10-3-5-15-13(7-10)14(18(23)20-15)8-16-11(2)12(9-19-16)4-6-17(21)22/h6-9,20H,4-5H2,1-3H3,(H,21,24)(H,22,23);3,5,7-9,19H,4,6H2,1-2H3,(H,20,23)(H,21,22). The van der Waals surface area contributed by atoms with E-state index in [4.69, 9.17) is 19.7 Å². The van der Waals surface area contributed by atoms with Crippen molar-refractivity contribution in [1.29, 1.82) is 0 Å². The highest BCUT2D eigenvalue weighted by atomic mass is 16.5. The highest BCUT2D eigenvalue weighted by Gasteiger charge is 2.27. The molecule has 254 valence electrons. The number of nitrogens with one attached hydrogen (secondary N) is 4. The van der Waals surface area contributed by atoms with Crippen LogP contribution in [-0.2, 0) is 32.0 Å². The lowest BCUT2D eigenvalue weighted by molar-refractivity contribution is -0.138. The molecular weight excluding hydrogens is 628 g/mol. The topological polar surface area (TPSA) is 183 Å². The lowest BCUT2D eigenvalue weighted by Gasteiger charge is -2.09. The number of carboxylic acid groups (broad SMARTS) is 2. The molecule has 2 amide bonds. The minimum Gasteiger partial charge on any atom is -0.493 e. The van der Waals surface area contributed by atoms with Crippen LogP contribution in [0.25, 0.3) is 23.3 Å². The number of anilines is 2. The molecule has 4 heterocycles. The summed E-state index contributed by atoms with van der Waals surface area (Å²) in [6.07, 6.45) is 8.28. The van der Waals surface area contributed by atoms with Crippen LogP contribution in [0.4, 0.5) is 11.4 Å². The van der Waals surface area contributed by atoms with Crippen LogP contribution in [0.15, 0.2) is 42.7 Å². The number of aromatic nitrogens is 2. The molecule has 2 aliphatic rings.